The van der Waals surface area contributed by atoms with E-state index >= 15 is 0 Å². The zero-order valence-electron chi connectivity index (χ0n) is 32.6. The molecule has 2 nitrogen and oxygen atoms in total. The fourth-order valence-electron chi connectivity index (χ4n) is 10.4. The molecule has 1 aliphatic rings. The van der Waals surface area contributed by atoms with Crippen LogP contribution in [0.4, 0.5) is 0 Å². The van der Waals surface area contributed by atoms with Crippen LogP contribution in [0.2, 0.25) is 0 Å². The largest absolute Gasteiger partial charge is 0.452 e. The summed E-state index contributed by atoms with van der Waals surface area (Å²) in [7, 11) is 0. The Morgan fingerprint density at radius 1 is 0.305 bits per heavy atom. The number of rotatable bonds is 3. The van der Waals surface area contributed by atoms with Crippen LogP contribution in [0.25, 0.3) is 121 Å². The third-order valence-electron chi connectivity index (χ3n) is 13.3. The van der Waals surface area contributed by atoms with Crippen molar-refractivity contribution in [1.29, 1.82) is 0 Å². The average molecular weight is 753 g/mol. The van der Waals surface area contributed by atoms with E-state index in [0.717, 1.165) is 55.0 Å². The molecule has 0 fully saturated rings. The first-order valence-electron chi connectivity index (χ1n) is 20.5. The molecular weight excluding hydrogens is 717 g/mol. The molecule has 59 heavy (non-hydrogen) atoms. The molecule has 0 aliphatic heterocycles. The van der Waals surface area contributed by atoms with Crippen molar-refractivity contribution in [2.45, 2.75) is 19.3 Å². The minimum atomic E-state index is -0.0467. The number of hydrogen-bond acceptors (Lipinski definition) is 2. The summed E-state index contributed by atoms with van der Waals surface area (Å²) in [5.41, 5.74) is 15.8. The molecule has 0 radical (unpaired) electrons. The van der Waals surface area contributed by atoms with Gasteiger partial charge in [0.1, 0.15) is 11.2 Å². The van der Waals surface area contributed by atoms with Crippen molar-refractivity contribution in [2.24, 2.45) is 0 Å². The molecule has 0 bridgehead atoms. The molecule has 0 saturated carbocycles. The van der Waals surface area contributed by atoms with E-state index in [-0.39, 0.29) is 5.41 Å². The van der Waals surface area contributed by atoms with Crippen molar-refractivity contribution >= 4 is 76.2 Å². The van der Waals surface area contributed by atoms with E-state index in [0.29, 0.717) is 0 Å². The fourth-order valence-corrected chi connectivity index (χ4v) is 10.4. The standard InChI is InChI=1S/C57H36O2/c1-57(2)50-16-8-7-14-46(50)54-38(15-9-17-51(54)57)37-24-29-53-49(32-37)45-27-26-44-48-31-36(23-28-52(48)58-55(44)56(45)59-53)34-20-18-33(19-21-34)35-22-25-43-41-12-4-3-10-39(41)40-11-5-6-13-42(40)47(43)30-35/h3-32H,1-2H3. The molecule has 0 unspecified atom stereocenters. The number of hydrogen-bond donors (Lipinski definition) is 0. The molecule has 0 amide bonds. The lowest BCUT2D eigenvalue weighted by molar-refractivity contribution is 0.633. The van der Waals surface area contributed by atoms with Gasteiger partial charge in [0.15, 0.2) is 11.2 Å². The molecule has 1 aliphatic carbocycles. The molecule has 13 rings (SSSR count). The summed E-state index contributed by atoms with van der Waals surface area (Å²) in [5, 5.41) is 12.0. The molecule has 0 spiro atoms. The molecular formula is C57H36O2. The van der Waals surface area contributed by atoms with Gasteiger partial charge in [0.2, 0.25) is 0 Å². The normalized spacial score (nSPS) is 13.4. The lowest BCUT2D eigenvalue weighted by Crippen LogP contribution is -2.14. The molecule has 0 atom stereocenters. The van der Waals surface area contributed by atoms with Gasteiger partial charge in [0.05, 0.1) is 0 Å². The number of furan rings is 2. The third-order valence-corrected chi connectivity index (χ3v) is 13.3. The highest BCUT2D eigenvalue weighted by molar-refractivity contribution is 6.26. The highest BCUT2D eigenvalue weighted by Gasteiger charge is 2.36. The minimum Gasteiger partial charge on any atom is -0.452 e. The van der Waals surface area contributed by atoms with Crippen LogP contribution >= 0.6 is 0 Å². The highest BCUT2D eigenvalue weighted by Crippen LogP contribution is 2.52. The second kappa shape index (κ2) is 11.8. The van der Waals surface area contributed by atoms with Gasteiger partial charge in [0, 0.05) is 27.0 Å². The second-order valence-electron chi connectivity index (χ2n) is 16.8. The Hall–Kier alpha value is -7.42. The van der Waals surface area contributed by atoms with Crippen molar-refractivity contribution < 1.29 is 8.83 Å². The van der Waals surface area contributed by atoms with E-state index in [1.165, 1.54) is 76.8 Å². The maximum Gasteiger partial charge on any atom is 0.178 e. The SMILES string of the molecule is CC1(C)c2ccccc2-c2c(-c3ccc4oc5c(ccc6c7cc(-c8ccc(-c9ccc%10c%11ccccc%11c%11ccccc%11c%10c9)cc8)ccc7oc65)c4c3)cccc21. The summed E-state index contributed by atoms with van der Waals surface area (Å²) in [6, 6.07) is 66.5. The van der Waals surface area contributed by atoms with Crippen LogP contribution in [0, 0.1) is 0 Å². The van der Waals surface area contributed by atoms with Crippen LogP contribution in [0.1, 0.15) is 25.0 Å². The maximum absolute atomic E-state index is 6.62. The highest BCUT2D eigenvalue weighted by atomic mass is 16.4. The molecule has 2 aromatic heterocycles. The van der Waals surface area contributed by atoms with Crippen LogP contribution < -0.4 is 0 Å². The Balaban J connectivity index is 0.875. The molecule has 0 saturated heterocycles. The van der Waals surface area contributed by atoms with Gasteiger partial charge in [-0.2, -0.15) is 0 Å². The summed E-state index contributed by atoms with van der Waals surface area (Å²) in [6.07, 6.45) is 0. The molecule has 0 N–H and O–H groups in total. The first-order chi connectivity index (χ1) is 29.0. The van der Waals surface area contributed by atoms with Crippen molar-refractivity contribution in [3.05, 3.63) is 193 Å². The minimum absolute atomic E-state index is 0.0467. The molecule has 12 aromatic rings. The Morgan fingerprint density at radius 2 is 0.729 bits per heavy atom. The zero-order valence-corrected chi connectivity index (χ0v) is 32.6. The maximum atomic E-state index is 6.62. The Bertz CT molecular complexity index is 3710. The average Bonchev–Trinajstić information content (AvgIpc) is 3.93. The second-order valence-corrected chi connectivity index (χ2v) is 16.8. The van der Waals surface area contributed by atoms with Crippen LogP contribution in [-0.2, 0) is 5.41 Å². The lowest BCUT2D eigenvalue weighted by atomic mass is 9.82. The van der Waals surface area contributed by atoms with Gasteiger partial charge in [-0.1, -0.05) is 153 Å². The number of benzene rings is 10. The molecule has 10 aromatic carbocycles. The summed E-state index contributed by atoms with van der Waals surface area (Å²) in [4.78, 5) is 0. The fraction of sp³-hybridized carbons (Fsp3) is 0.0526. The van der Waals surface area contributed by atoms with Gasteiger partial charge in [0.25, 0.3) is 0 Å². The third kappa shape index (κ3) is 4.57. The van der Waals surface area contributed by atoms with Crippen molar-refractivity contribution in [3.63, 3.8) is 0 Å². The van der Waals surface area contributed by atoms with Crippen LogP contribution in [0.5, 0.6) is 0 Å². The first kappa shape index (κ1) is 32.6. The van der Waals surface area contributed by atoms with Crippen molar-refractivity contribution in [2.75, 3.05) is 0 Å². The van der Waals surface area contributed by atoms with Gasteiger partial charge >= 0.3 is 0 Å². The first-order valence-corrected chi connectivity index (χ1v) is 20.5. The molecule has 2 heteroatoms. The summed E-state index contributed by atoms with van der Waals surface area (Å²) in [6.45, 7) is 4.67. The summed E-state index contributed by atoms with van der Waals surface area (Å²) < 4.78 is 13.2. The summed E-state index contributed by atoms with van der Waals surface area (Å²) >= 11 is 0. The lowest BCUT2D eigenvalue weighted by Gasteiger charge is -2.21. The van der Waals surface area contributed by atoms with Gasteiger partial charge in [-0.05, 0) is 130 Å². The predicted octanol–water partition coefficient (Wildman–Crippen LogP) is 16.3. The monoisotopic (exact) mass is 752 g/mol. The van der Waals surface area contributed by atoms with E-state index in [9.17, 15) is 0 Å². The van der Waals surface area contributed by atoms with E-state index in [2.05, 4.69) is 196 Å². The number of fused-ring (bicyclic) bond motifs is 16. The Labute approximate surface area is 340 Å². The van der Waals surface area contributed by atoms with E-state index in [4.69, 9.17) is 8.83 Å². The zero-order chi connectivity index (χ0) is 39.0. The summed E-state index contributed by atoms with van der Waals surface area (Å²) in [5.74, 6) is 0. The van der Waals surface area contributed by atoms with Crippen LogP contribution in [0.15, 0.2) is 191 Å². The Morgan fingerprint density at radius 3 is 1.36 bits per heavy atom. The molecule has 276 valence electrons. The van der Waals surface area contributed by atoms with E-state index in [1.54, 1.807) is 0 Å². The topological polar surface area (TPSA) is 26.3 Å². The Kier molecular flexibility index (Phi) is 6.54. The van der Waals surface area contributed by atoms with Crippen LogP contribution in [-0.4, -0.2) is 0 Å². The van der Waals surface area contributed by atoms with Crippen molar-refractivity contribution in [3.8, 4) is 44.5 Å². The van der Waals surface area contributed by atoms with E-state index < -0.39 is 0 Å². The smallest absolute Gasteiger partial charge is 0.178 e. The van der Waals surface area contributed by atoms with Crippen molar-refractivity contribution in [1.82, 2.24) is 0 Å². The quantitative estimate of drug-likeness (QED) is 0.168. The van der Waals surface area contributed by atoms with Gasteiger partial charge < -0.3 is 8.83 Å². The predicted molar refractivity (Wildman–Crippen MR) is 247 cm³/mol. The van der Waals surface area contributed by atoms with Gasteiger partial charge in [-0.3, -0.25) is 0 Å². The van der Waals surface area contributed by atoms with Gasteiger partial charge in [-0.25, -0.2) is 0 Å². The van der Waals surface area contributed by atoms with Crippen LogP contribution in [0.3, 0.4) is 0 Å². The molecule has 2 heterocycles. The van der Waals surface area contributed by atoms with E-state index in [1.807, 2.05) is 0 Å². The van der Waals surface area contributed by atoms with Gasteiger partial charge in [-0.15, -0.1) is 0 Å².